The lowest BCUT2D eigenvalue weighted by molar-refractivity contribution is -0.137. The Bertz CT molecular complexity index is 823. The van der Waals surface area contributed by atoms with Crippen LogP contribution in [-0.2, 0) is 15.8 Å². The predicted molar refractivity (Wildman–Crippen MR) is 95.7 cm³/mol. The number of ether oxygens (including phenoxy) is 1. The second-order valence-electron chi connectivity index (χ2n) is 5.73. The third kappa shape index (κ3) is 5.71. The summed E-state index contributed by atoms with van der Waals surface area (Å²) >= 11 is 0. The van der Waals surface area contributed by atoms with Gasteiger partial charge in [0.05, 0.1) is 24.0 Å². The molecule has 0 radical (unpaired) electrons. The molecule has 0 spiro atoms. The molecule has 0 fully saturated rings. The van der Waals surface area contributed by atoms with Crippen molar-refractivity contribution in [3.63, 3.8) is 0 Å². The van der Waals surface area contributed by atoms with Gasteiger partial charge in [-0.25, -0.2) is 0 Å². The number of hydrogen-bond donors (Lipinski definition) is 3. The Kier molecular flexibility index (Phi) is 7.00. The number of halogens is 3. The van der Waals surface area contributed by atoms with Crippen molar-refractivity contribution in [2.24, 2.45) is 0 Å². The molecule has 1 atom stereocenters. The number of hydrogen-bond acceptors (Lipinski definition) is 4. The van der Waals surface area contributed by atoms with Crippen molar-refractivity contribution < 1.29 is 32.6 Å². The van der Waals surface area contributed by atoms with E-state index in [0.717, 1.165) is 24.3 Å². The van der Waals surface area contributed by atoms with E-state index in [1.54, 1.807) is 31.2 Å². The number of carbonyl (C=O) groups excluding carboxylic acids is 2. The summed E-state index contributed by atoms with van der Waals surface area (Å²) < 4.78 is 43.0. The Morgan fingerprint density at radius 1 is 1.07 bits per heavy atom. The van der Waals surface area contributed by atoms with E-state index in [1.165, 1.54) is 0 Å². The minimum atomic E-state index is -4.48. The molecule has 0 aliphatic heterocycles. The van der Waals surface area contributed by atoms with Crippen molar-refractivity contribution >= 4 is 17.5 Å². The lowest BCUT2D eigenvalue weighted by atomic mass is 10.1. The van der Waals surface area contributed by atoms with E-state index in [2.05, 4.69) is 10.6 Å². The van der Waals surface area contributed by atoms with Crippen molar-refractivity contribution in [3.8, 4) is 5.75 Å². The van der Waals surface area contributed by atoms with Crippen LogP contribution in [-0.4, -0.2) is 30.1 Å². The van der Waals surface area contributed by atoms with Crippen molar-refractivity contribution in [2.75, 3.05) is 18.5 Å². The highest BCUT2D eigenvalue weighted by Crippen LogP contribution is 2.29. The molecule has 2 rings (SSSR count). The van der Waals surface area contributed by atoms with Gasteiger partial charge in [0.1, 0.15) is 5.75 Å². The molecule has 0 aliphatic rings. The number of amides is 2. The van der Waals surface area contributed by atoms with Crippen LogP contribution in [0, 0.1) is 0 Å². The number of benzene rings is 2. The number of carbonyl (C=O) groups is 2. The van der Waals surface area contributed by atoms with Gasteiger partial charge < -0.3 is 20.5 Å². The van der Waals surface area contributed by atoms with Crippen LogP contribution in [0.1, 0.15) is 24.2 Å². The molecule has 28 heavy (non-hydrogen) atoms. The average molecular weight is 396 g/mol. The van der Waals surface area contributed by atoms with E-state index < -0.39 is 29.7 Å². The maximum absolute atomic E-state index is 12.5. The first-order chi connectivity index (χ1) is 13.2. The fourth-order valence-electron chi connectivity index (χ4n) is 2.31. The standard InChI is InChI=1S/C19H19F3N2O4/c1-2-28-16-6-4-3-5-14(16)24-18(27)17(26)23-11-15(25)12-7-9-13(10-8-12)19(20,21)22/h3-10,15,25H,2,11H2,1H3,(H,23,26)(H,24,27). The molecule has 0 bridgehead atoms. The molecule has 0 saturated heterocycles. The smallest absolute Gasteiger partial charge is 0.416 e. The van der Waals surface area contributed by atoms with Crippen LogP contribution >= 0.6 is 0 Å². The largest absolute Gasteiger partial charge is 0.492 e. The van der Waals surface area contributed by atoms with Gasteiger partial charge >= 0.3 is 18.0 Å². The third-order valence-electron chi connectivity index (χ3n) is 3.72. The molecular formula is C19H19F3N2O4. The first-order valence-corrected chi connectivity index (χ1v) is 8.38. The third-order valence-corrected chi connectivity index (χ3v) is 3.72. The summed E-state index contributed by atoms with van der Waals surface area (Å²) in [5.74, 6) is -1.57. The molecule has 6 nitrogen and oxygen atoms in total. The zero-order valence-corrected chi connectivity index (χ0v) is 14.9. The normalized spacial score (nSPS) is 12.2. The van der Waals surface area contributed by atoms with Gasteiger partial charge in [-0.2, -0.15) is 13.2 Å². The van der Waals surface area contributed by atoms with Gasteiger partial charge in [-0.05, 0) is 36.8 Å². The molecule has 2 aromatic carbocycles. The van der Waals surface area contributed by atoms with Crippen LogP contribution in [0.15, 0.2) is 48.5 Å². The van der Waals surface area contributed by atoms with E-state index in [0.29, 0.717) is 18.0 Å². The molecule has 150 valence electrons. The Labute approximate surface area is 159 Å². The second-order valence-corrected chi connectivity index (χ2v) is 5.73. The minimum absolute atomic E-state index is 0.176. The summed E-state index contributed by atoms with van der Waals surface area (Å²) in [5.41, 5.74) is -0.358. The SMILES string of the molecule is CCOc1ccccc1NC(=O)C(=O)NCC(O)c1ccc(C(F)(F)F)cc1. The molecule has 0 heterocycles. The first-order valence-electron chi connectivity index (χ1n) is 8.38. The Morgan fingerprint density at radius 2 is 1.71 bits per heavy atom. The molecule has 0 saturated carbocycles. The van der Waals surface area contributed by atoms with Gasteiger partial charge in [0.25, 0.3) is 0 Å². The van der Waals surface area contributed by atoms with Gasteiger partial charge in [0.15, 0.2) is 0 Å². The highest BCUT2D eigenvalue weighted by molar-refractivity contribution is 6.39. The van der Waals surface area contributed by atoms with Gasteiger partial charge in [0, 0.05) is 6.54 Å². The van der Waals surface area contributed by atoms with Gasteiger partial charge in [0.2, 0.25) is 0 Å². The number of para-hydroxylation sites is 2. The Morgan fingerprint density at radius 3 is 2.32 bits per heavy atom. The molecular weight excluding hydrogens is 377 g/mol. The van der Waals surface area contributed by atoms with Gasteiger partial charge in [-0.1, -0.05) is 24.3 Å². The van der Waals surface area contributed by atoms with Crippen LogP contribution in [0.5, 0.6) is 5.75 Å². The summed E-state index contributed by atoms with van der Waals surface area (Å²) in [5, 5.41) is 14.6. The van der Waals surface area contributed by atoms with Crippen LogP contribution in [0.3, 0.4) is 0 Å². The minimum Gasteiger partial charge on any atom is -0.492 e. The van der Waals surface area contributed by atoms with Crippen LogP contribution in [0.2, 0.25) is 0 Å². The number of nitrogens with one attached hydrogen (secondary N) is 2. The summed E-state index contributed by atoms with van der Waals surface area (Å²) in [7, 11) is 0. The van der Waals surface area contributed by atoms with Crippen molar-refractivity contribution in [1.29, 1.82) is 0 Å². The van der Waals surface area contributed by atoms with E-state index in [9.17, 15) is 27.9 Å². The predicted octanol–water partition coefficient (Wildman–Crippen LogP) is 2.89. The van der Waals surface area contributed by atoms with Crippen molar-refractivity contribution in [2.45, 2.75) is 19.2 Å². The number of alkyl halides is 3. The van der Waals surface area contributed by atoms with Gasteiger partial charge in [-0.3, -0.25) is 9.59 Å². The Hall–Kier alpha value is -3.07. The van der Waals surface area contributed by atoms with E-state index in [4.69, 9.17) is 4.74 Å². The molecule has 2 amide bonds. The zero-order valence-electron chi connectivity index (χ0n) is 14.9. The topological polar surface area (TPSA) is 87.7 Å². The highest BCUT2D eigenvalue weighted by Gasteiger charge is 2.30. The zero-order chi connectivity index (χ0) is 20.7. The number of anilines is 1. The molecule has 0 aromatic heterocycles. The summed E-state index contributed by atoms with van der Waals surface area (Å²) in [6.45, 7) is 1.80. The van der Waals surface area contributed by atoms with Crippen molar-refractivity contribution in [1.82, 2.24) is 5.32 Å². The monoisotopic (exact) mass is 396 g/mol. The molecule has 1 unspecified atom stereocenters. The maximum Gasteiger partial charge on any atom is 0.416 e. The van der Waals surface area contributed by atoms with Crippen LogP contribution < -0.4 is 15.4 Å². The Balaban J connectivity index is 1.91. The summed E-state index contributed by atoms with van der Waals surface area (Å²) in [4.78, 5) is 23.9. The first kappa shape index (κ1) is 21.2. The second kappa shape index (κ2) is 9.23. The van der Waals surface area contributed by atoms with Crippen molar-refractivity contribution in [3.05, 3.63) is 59.7 Å². The molecule has 0 aliphatic carbocycles. The van der Waals surface area contributed by atoms with Crippen LogP contribution in [0.4, 0.5) is 18.9 Å². The lowest BCUT2D eigenvalue weighted by Gasteiger charge is -2.14. The average Bonchev–Trinajstić information content (AvgIpc) is 2.67. The highest BCUT2D eigenvalue weighted by atomic mass is 19.4. The number of aliphatic hydroxyl groups is 1. The lowest BCUT2D eigenvalue weighted by Crippen LogP contribution is -2.37. The van der Waals surface area contributed by atoms with E-state index in [1.807, 2.05) is 0 Å². The molecule has 3 N–H and O–H groups in total. The van der Waals surface area contributed by atoms with Gasteiger partial charge in [-0.15, -0.1) is 0 Å². The summed E-state index contributed by atoms with van der Waals surface area (Å²) in [6, 6.07) is 10.4. The fourth-order valence-corrected chi connectivity index (χ4v) is 2.31. The summed E-state index contributed by atoms with van der Waals surface area (Å²) in [6.07, 6.45) is -5.75. The molecule has 9 heteroatoms. The fraction of sp³-hybridized carbons (Fsp3) is 0.263. The maximum atomic E-state index is 12.5. The number of aliphatic hydroxyl groups excluding tert-OH is 1. The quantitative estimate of drug-likeness (QED) is 0.656. The van der Waals surface area contributed by atoms with Crippen LogP contribution in [0.25, 0.3) is 0 Å². The van der Waals surface area contributed by atoms with E-state index in [-0.39, 0.29) is 12.1 Å². The van der Waals surface area contributed by atoms with E-state index >= 15 is 0 Å². The molecule has 2 aromatic rings. The number of rotatable bonds is 6.